The molecule has 1 heterocycles. The fourth-order valence-corrected chi connectivity index (χ4v) is 1.53. The number of benzene rings is 1. The largest absolute Gasteiger partial charge is 0.478 e. The number of hydrogen-bond acceptors (Lipinski definition) is 5. The van der Waals surface area contributed by atoms with Crippen molar-refractivity contribution in [3.8, 4) is 0 Å². The number of aromatic nitrogens is 1. The Morgan fingerprint density at radius 2 is 2.28 bits per heavy atom. The summed E-state index contributed by atoms with van der Waals surface area (Å²) in [4.78, 5) is 15.1. The highest BCUT2D eigenvalue weighted by Crippen LogP contribution is 2.20. The van der Waals surface area contributed by atoms with E-state index in [2.05, 4.69) is 4.98 Å². The van der Waals surface area contributed by atoms with Crippen LogP contribution in [0.2, 0.25) is 0 Å². The van der Waals surface area contributed by atoms with Gasteiger partial charge in [0.15, 0.2) is 5.58 Å². The van der Waals surface area contributed by atoms with Crippen molar-refractivity contribution in [1.29, 1.82) is 0 Å². The standard InChI is InChI=1S/C12H13NO5/c1-16-5-6-17-7-10-13-11-8(12(14)15)3-2-4-9(11)18-10/h2-4H,5-7H2,1H3,(H,14,15). The van der Waals surface area contributed by atoms with Gasteiger partial charge in [-0.25, -0.2) is 9.78 Å². The Morgan fingerprint density at radius 1 is 1.44 bits per heavy atom. The van der Waals surface area contributed by atoms with Crippen LogP contribution in [0.1, 0.15) is 16.2 Å². The molecule has 0 saturated carbocycles. The zero-order chi connectivity index (χ0) is 13.0. The minimum Gasteiger partial charge on any atom is -0.478 e. The van der Waals surface area contributed by atoms with Gasteiger partial charge in [-0.2, -0.15) is 0 Å². The highest BCUT2D eigenvalue weighted by molar-refractivity contribution is 6.00. The zero-order valence-corrected chi connectivity index (χ0v) is 9.88. The predicted octanol–water partition coefficient (Wildman–Crippen LogP) is 1.69. The summed E-state index contributed by atoms with van der Waals surface area (Å²) in [6.07, 6.45) is 0. The third kappa shape index (κ3) is 2.66. The second-order valence-corrected chi connectivity index (χ2v) is 3.61. The number of nitrogens with zero attached hydrogens (tertiary/aromatic N) is 1. The fraction of sp³-hybridized carbons (Fsp3) is 0.333. The summed E-state index contributed by atoms with van der Waals surface area (Å²) in [7, 11) is 1.59. The van der Waals surface area contributed by atoms with Crippen molar-refractivity contribution in [1.82, 2.24) is 4.98 Å². The summed E-state index contributed by atoms with van der Waals surface area (Å²) in [5.41, 5.74) is 0.912. The topological polar surface area (TPSA) is 81.8 Å². The Kier molecular flexibility index (Phi) is 3.91. The van der Waals surface area contributed by atoms with E-state index in [0.29, 0.717) is 30.2 Å². The summed E-state index contributed by atoms with van der Waals surface area (Å²) < 4.78 is 15.5. The molecule has 18 heavy (non-hydrogen) atoms. The molecule has 0 spiro atoms. The Morgan fingerprint density at radius 3 is 3.00 bits per heavy atom. The van der Waals surface area contributed by atoms with E-state index in [1.165, 1.54) is 6.07 Å². The van der Waals surface area contributed by atoms with E-state index in [4.69, 9.17) is 19.0 Å². The molecule has 0 aliphatic rings. The average molecular weight is 251 g/mol. The van der Waals surface area contributed by atoms with Gasteiger partial charge in [0.25, 0.3) is 0 Å². The molecule has 2 rings (SSSR count). The van der Waals surface area contributed by atoms with Gasteiger partial charge in [0, 0.05) is 7.11 Å². The SMILES string of the molecule is COCCOCc1nc2c(C(=O)O)cccc2o1. The highest BCUT2D eigenvalue weighted by Gasteiger charge is 2.14. The van der Waals surface area contributed by atoms with Gasteiger partial charge < -0.3 is 19.0 Å². The molecule has 96 valence electrons. The van der Waals surface area contributed by atoms with E-state index in [0.717, 1.165) is 0 Å². The van der Waals surface area contributed by atoms with Gasteiger partial charge in [0.1, 0.15) is 12.1 Å². The molecule has 0 bridgehead atoms. The van der Waals surface area contributed by atoms with Crippen LogP contribution in [0, 0.1) is 0 Å². The van der Waals surface area contributed by atoms with Crippen LogP contribution in [0.4, 0.5) is 0 Å². The number of methoxy groups -OCH3 is 1. The van der Waals surface area contributed by atoms with Crippen LogP contribution in [-0.2, 0) is 16.1 Å². The number of hydrogen-bond donors (Lipinski definition) is 1. The highest BCUT2D eigenvalue weighted by atomic mass is 16.5. The molecular weight excluding hydrogens is 238 g/mol. The first-order chi connectivity index (χ1) is 8.72. The summed E-state index contributed by atoms with van der Waals surface area (Å²) in [6.45, 7) is 1.11. The predicted molar refractivity (Wildman–Crippen MR) is 62.5 cm³/mol. The van der Waals surface area contributed by atoms with Crippen LogP contribution in [-0.4, -0.2) is 36.4 Å². The van der Waals surface area contributed by atoms with Gasteiger partial charge in [-0.1, -0.05) is 6.07 Å². The number of carboxylic acids is 1. The lowest BCUT2D eigenvalue weighted by atomic mass is 10.2. The van der Waals surface area contributed by atoms with Gasteiger partial charge >= 0.3 is 5.97 Å². The third-order valence-corrected chi connectivity index (χ3v) is 2.35. The average Bonchev–Trinajstić information content (AvgIpc) is 2.76. The second-order valence-electron chi connectivity index (χ2n) is 3.61. The lowest BCUT2D eigenvalue weighted by molar-refractivity contribution is 0.0524. The first kappa shape index (κ1) is 12.5. The molecule has 2 aromatic rings. The van der Waals surface area contributed by atoms with Crippen LogP contribution >= 0.6 is 0 Å². The summed E-state index contributed by atoms with van der Waals surface area (Å²) in [6, 6.07) is 4.78. The first-order valence-corrected chi connectivity index (χ1v) is 5.41. The molecule has 0 amide bonds. The molecule has 6 nitrogen and oxygen atoms in total. The smallest absolute Gasteiger partial charge is 0.338 e. The molecular formula is C12H13NO5. The van der Waals surface area contributed by atoms with Crippen molar-refractivity contribution in [2.75, 3.05) is 20.3 Å². The minimum atomic E-state index is -1.03. The molecule has 1 aromatic heterocycles. The lowest BCUT2D eigenvalue weighted by Crippen LogP contribution is -2.02. The van der Waals surface area contributed by atoms with E-state index in [1.54, 1.807) is 19.2 Å². The molecule has 1 N–H and O–H groups in total. The van der Waals surface area contributed by atoms with E-state index in [9.17, 15) is 4.79 Å². The van der Waals surface area contributed by atoms with Crippen molar-refractivity contribution < 1.29 is 23.8 Å². The van der Waals surface area contributed by atoms with E-state index >= 15 is 0 Å². The number of para-hydroxylation sites is 1. The van der Waals surface area contributed by atoms with Crippen LogP contribution in [0.5, 0.6) is 0 Å². The molecule has 6 heteroatoms. The number of oxazole rings is 1. The zero-order valence-electron chi connectivity index (χ0n) is 9.88. The number of carbonyl (C=O) groups is 1. The van der Waals surface area contributed by atoms with Gasteiger partial charge in [-0.15, -0.1) is 0 Å². The maximum atomic E-state index is 11.0. The maximum Gasteiger partial charge on any atom is 0.338 e. The lowest BCUT2D eigenvalue weighted by Gasteiger charge is -1.98. The van der Waals surface area contributed by atoms with Crippen LogP contribution in [0.15, 0.2) is 22.6 Å². The molecule has 0 unspecified atom stereocenters. The summed E-state index contributed by atoms with van der Waals surface area (Å²) >= 11 is 0. The van der Waals surface area contributed by atoms with Gasteiger partial charge in [0.2, 0.25) is 5.89 Å². The summed E-state index contributed by atoms with van der Waals surface area (Å²) in [5, 5.41) is 9.01. The molecule has 0 aliphatic carbocycles. The van der Waals surface area contributed by atoms with E-state index < -0.39 is 5.97 Å². The Balaban J connectivity index is 2.17. The van der Waals surface area contributed by atoms with Crippen molar-refractivity contribution in [2.45, 2.75) is 6.61 Å². The first-order valence-electron chi connectivity index (χ1n) is 5.41. The number of fused-ring (bicyclic) bond motifs is 1. The fourth-order valence-electron chi connectivity index (χ4n) is 1.53. The third-order valence-electron chi connectivity index (χ3n) is 2.35. The monoisotopic (exact) mass is 251 g/mol. The second kappa shape index (κ2) is 5.61. The Bertz CT molecular complexity index is 548. The van der Waals surface area contributed by atoms with Crippen LogP contribution in [0.3, 0.4) is 0 Å². The molecule has 0 saturated heterocycles. The molecule has 1 aromatic carbocycles. The number of ether oxygens (including phenoxy) is 2. The van der Waals surface area contributed by atoms with Crippen molar-refractivity contribution in [3.63, 3.8) is 0 Å². The number of rotatable bonds is 6. The van der Waals surface area contributed by atoms with Crippen molar-refractivity contribution >= 4 is 17.1 Å². The molecule has 0 aliphatic heterocycles. The van der Waals surface area contributed by atoms with E-state index in [-0.39, 0.29) is 12.2 Å². The normalized spacial score (nSPS) is 10.9. The number of aromatic carboxylic acids is 1. The Labute approximate surface area is 103 Å². The quantitative estimate of drug-likeness (QED) is 0.787. The van der Waals surface area contributed by atoms with Crippen molar-refractivity contribution in [2.24, 2.45) is 0 Å². The van der Waals surface area contributed by atoms with E-state index in [1.807, 2.05) is 0 Å². The van der Waals surface area contributed by atoms with Gasteiger partial charge in [-0.05, 0) is 12.1 Å². The summed E-state index contributed by atoms with van der Waals surface area (Å²) in [5.74, 6) is -0.671. The molecule has 0 atom stereocenters. The van der Waals surface area contributed by atoms with Crippen LogP contribution in [0.25, 0.3) is 11.1 Å². The Hall–Kier alpha value is -1.92. The van der Waals surface area contributed by atoms with Crippen molar-refractivity contribution in [3.05, 3.63) is 29.7 Å². The van der Waals surface area contributed by atoms with Crippen LogP contribution < -0.4 is 0 Å². The number of carboxylic acid groups (broad SMARTS) is 1. The molecule has 0 fully saturated rings. The van der Waals surface area contributed by atoms with Gasteiger partial charge in [-0.3, -0.25) is 0 Å². The molecule has 0 radical (unpaired) electrons. The van der Waals surface area contributed by atoms with Gasteiger partial charge in [0.05, 0.1) is 18.8 Å². The minimum absolute atomic E-state index is 0.124. The maximum absolute atomic E-state index is 11.0.